The Balaban J connectivity index is 1.33. The van der Waals surface area contributed by atoms with Crippen molar-refractivity contribution in [3.8, 4) is 0 Å². The summed E-state index contributed by atoms with van der Waals surface area (Å²) in [5.41, 5.74) is 0.425. The number of rotatable bonds is 6. The smallest absolute Gasteiger partial charge is 0.117 e. The van der Waals surface area contributed by atoms with Crippen molar-refractivity contribution >= 4 is 0 Å². The van der Waals surface area contributed by atoms with E-state index in [1.54, 1.807) is 6.26 Å². The number of furan rings is 1. The highest BCUT2D eigenvalue weighted by atomic mass is 16.5. The van der Waals surface area contributed by atoms with Gasteiger partial charge in [0.25, 0.3) is 0 Å². The Bertz CT molecular complexity index is 533. The van der Waals surface area contributed by atoms with Crippen LogP contribution in [0.1, 0.15) is 31.4 Å². The van der Waals surface area contributed by atoms with Crippen molar-refractivity contribution in [3.05, 3.63) is 24.2 Å². The van der Waals surface area contributed by atoms with Gasteiger partial charge in [-0.25, -0.2) is 0 Å². The second kappa shape index (κ2) is 8.42. The molecule has 0 aromatic carbocycles. The minimum Gasteiger partial charge on any atom is -0.468 e. The van der Waals surface area contributed by atoms with E-state index in [9.17, 15) is 0 Å². The molecule has 1 aromatic heterocycles. The van der Waals surface area contributed by atoms with E-state index >= 15 is 0 Å². The molecule has 0 amide bonds. The first-order valence-corrected chi connectivity index (χ1v) is 10.3. The zero-order chi connectivity index (χ0) is 17.8. The molecule has 26 heavy (non-hydrogen) atoms. The molecular formula is C21H34N2O3. The van der Waals surface area contributed by atoms with Crippen molar-refractivity contribution in [3.63, 3.8) is 0 Å². The average molecular weight is 363 g/mol. The second-order valence-corrected chi connectivity index (χ2v) is 8.62. The molecule has 146 valence electrons. The normalized spacial score (nSPS) is 28.1. The molecule has 3 saturated heterocycles. The topological polar surface area (TPSA) is 38.1 Å². The zero-order valence-corrected chi connectivity index (χ0v) is 16.2. The maximum Gasteiger partial charge on any atom is 0.117 e. The molecule has 3 fully saturated rings. The van der Waals surface area contributed by atoms with Gasteiger partial charge in [0.05, 0.1) is 19.4 Å². The Morgan fingerprint density at radius 2 is 2.00 bits per heavy atom. The molecule has 5 heteroatoms. The molecule has 1 atom stereocenters. The van der Waals surface area contributed by atoms with E-state index in [4.69, 9.17) is 13.9 Å². The van der Waals surface area contributed by atoms with E-state index in [2.05, 4.69) is 15.9 Å². The van der Waals surface area contributed by atoms with Crippen molar-refractivity contribution in [2.45, 2.75) is 32.2 Å². The summed E-state index contributed by atoms with van der Waals surface area (Å²) in [5.74, 6) is 2.56. The lowest BCUT2D eigenvalue weighted by molar-refractivity contribution is 0.0160. The van der Waals surface area contributed by atoms with Crippen LogP contribution in [-0.2, 0) is 16.0 Å². The average Bonchev–Trinajstić information content (AvgIpc) is 3.28. The van der Waals surface area contributed by atoms with Gasteiger partial charge < -0.3 is 18.8 Å². The Morgan fingerprint density at radius 1 is 1.19 bits per heavy atom. The van der Waals surface area contributed by atoms with Gasteiger partial charge in [0.2, 0.25) is 0 Å². The molecule has 3 aliphatic heterocycles. The minimum absolute atomic E-state index is 0.425. The highest BCUT2D eigenvalue weighted by molar-refractivity contribution is 5.03. The molecular weight excluding hydrogens is 328 g/mol. The summed E-state index contributed by atoms with van der Waals surface area (Å²) in [5, 5.41) is 0. The third-order valence-corrected chi connectivity index (χ3v) is 6.92. The molecule has 4 heterocycles. The SMILES string of the molecule is COCC1CN(Cc2ccco2)CC12CCN(CC1CCOCC1)CC2. The van der Waals surface area contributed by atoms with Crippen LogP contribution >= 0.6 is 0 Å². The van der Waals surface area contributed by atoms with Gasteiger partial charge in [-0.2, -0.15) is 0 Å². The van der Waals surface area contributed by atoms with Gasteiger partial charge in [0.1, 0.15) is 5.76 Å². The van der Waals surface area contributed by atoms with Crippen LogP contribution in [0.25, 0.3) is 0 Å². The van der Waals surface area contributed by atoms with Crippen molar-refractivity contribution in [2.24, 2.45) is 17.3 Å². The predicted octanol–water partition coefficient (Wildman–Crippen LogP) is 2.87. The molecule has 1 unspecified atom stereocenters. The Kier molecular flexibility index (Phi) is 5.99. The maximum absolute atomic E-state index is 5.61. The summed E-state index contributed by atoms with van der Waals surface area (Å²) in [6.45, 7) is 9.81. The monoisotopic (exact) mass is 362 g/mol. The van der Waals surface area contributed by atoms with E-state index in [1.165, 1.54) is 51.9 Å². The number of ether oxygens (including phenoxy) is 2. The molecule has 0 bridgehead atoms. The van der Waals surface area contributed by atoms with Gasteiger partial charge >= 0.3 is 0 Å². The number of nitrogens with zero attached hydrogens (tertiary/aromatic N) is 2. The molecule has 0 N–H and O–H groups in total. The number of hydrogen-bond acceptors (Lipinski definition) is 5. The van der Waals surface area contributed by atoms with Crippen molar-refractivity contribution in [1.82, 2.24) is 9.80 Å². The number of methoxy groups -OCH3 is 1. The van der Waals surface area contributed by atoms with E-state index in [0.717, 1.165) is 44.6 Å². The van der Waals surface area contributed by atoms with E-state index < -0.39 is 0 Å². The fraction of sp³-hybridized carbons (Fsp3) is 0.810. The standard InChI is InChI=1S/C21H34N2O3/c1-24-16-19-14-23(15-20-3-2-10-26-20)17-21(19)6-8-22(9-7-21)13-18-4-11-25-12-5-18/h2-3,10,18-19H,4-9,11-17H2,1H3. The Hall–Kier alpha value is -0.880. The van der Waals surface area contributed by atoms with Crippen molar-refractivity contribution in [1.29, 1.82) is 0 Å². The Morgan fingerprint density at radius 3 is 2.69 bits per heavy atom. The summed E-state index contributed by atoms with van der Waals surface area (Å²) in [7, 11) is 1.85. The molecule has 0 aliphatic carbocycles. The van der Waals surface area contributed by atoms with Crippen LogP contribution in [0, 0.1) is 17.3 Å². The fourth-order valence-electron chi connectivity index (χ4n) is 5.36. The van der Waals surface area contributed by atoms with Crippen LogP contribution < -0.4 is 0 Å². The first-order valence-electron chi connectivity index (χ1n) is 10.3. The number of piperidine rings is 1. The fourth-order valence-corrected chi connectivity index (χ4v) is 5.36. The van der Waals surface area contributed by atoms with Gasteiger partial charge in [-0.1, -0.05) is 0 Å². The van der Waals surface area contributed by atoms with Crippen LogP contribution in [0.2, 0.25) is 0 Å². The molecule has 1 aromatic rings. The molecule has 0 saturated carbocycles. The lowest BCUT2D eigenvalue weighted by atomic mass is 9.71. The number of likely N-dealkylation sites (tertiary alicyclic amines) is 2. The number of hydrogen-bond donors (Lipinski definition) is 0. The molecule has 5 nitrogen and oxygen atoms in total. The predicted molar refractivity (Wildman–Crippen MR) is 101 cm³/mol. The lowest BCUT2D eigenvalue weighted by Gasteiger charge is -2.43. The molecule has 0 radical (unpaired) electrons. The van der Waals surface area contributed by atoms with E-state index in [1.807, 2.05) is 13.2 Å². The zero-order valence-electron chi connectivity index (χ0n) is 16.2. The van der Waals surface area contributed by atoms with Gasteiger partial charge in [-0.05, 0) is 62.2 Å². The summed E-state index contributed by atoms with van der Waals surface area (Å²) in [4.78, 5) is 5.29. The highest BCUT2D eigenvalue weighted by Crippen LogP contribution is 2.45. The first-order chi connectivity index (χ1) is 12.8. The largest absolute Gasteiger partial charge is 0.468 e. The Labute approximate surface area is 157 Å². The summed E-state index contributed by atoms with van der Waals surface area (Å²) >= 11 is 0. The van der Waals surface area contributed by atoms with Gasteiger partial charge in [0.15, 0.2) is 0 Å². The maximum atomic E-state index is 5.61. The minimum atomic E-state index is 0.425. The molecule has 1 spiro atoms. The van der Waals surface area contributed by atoms with Crippen LogP contribution in [0.5, 0.6) is 0 Å². The molecule has 3 aliphatic rings. The van der Waals surface area contributed by atoms with Crippen molar-refractivity contribution in [2.75, 3.05) is 59.7 Å². The van der Waals surface area contributed by atoms with Crippen LogP contribution in [0.4, 0.5) is 0 Å². The first kappa shape index (κ1) is 18.5. The van der Waals surface area contributed by atoms with E-state index in [0.29, 0.717) is 11.3 Å². The van der Waals surface area contributed by atoms with Crippen LogP contribution in [-0.4, -0.2) is 69.5 Å². The summed E-state index contributed by atoms with van der Waals surface area (Å²) in [6.07, 6.45) is 6.87. The molecule has 4 rings (SSSR count). The second-order valence-electron chi connectivity index (χ2n) is 8.62. The van der Waals surface area contributed by atoms with Crippen LogP contribution in [0.15, 0.2) is 22.8 Å². The van der Waals surface area contributed by atoms with Gasteiger partial charge in [0, 0.05) is 45.9 Å². The highest BCUT2D eigenvalue weighted by Gasteiger charge is 2.47. The third kappa shape index (κ3) is 4.16. The van der Waals surface area contributed by atoms with E-state index in [-0.39, 0.29) is 0 Å². The van der Waals surface area contributed by atoms with Gasteiger partial charge in [-0.15, -0.1) is 0 Å². The summed E-state index contributed by atoms with van der Waals surface area (Å²) in [6, 6.07) is 4.08. The van der Waals surface area contributed by atoms with Crippen molar-refractivity contribution < 1.29 is 13.9 Å². The van der Waals surface area contributed by atoms with Crippen LogP contribution in [0.3, 0.4) is 0 Å². The quantitative estimate of drug-likeness (QED) is 0.778. The summed E-state index contributed by atoms with van der Waals surface area (Å²) < 4.78 is 16.7. The van der Waals surface area contributed by atoms with Gasteiger partial charge in [-0.3, -0.25) is 4.90 Å². The third-order valence-electron chi connectivity index (χ3n) is 6.92. The lowest BCUT2D eigenvalue weighted by Crippen LogP contribution is -2.46.